The average Bonchev–Trinajstić information content (AvgIpc) is 2.27. The van der Waals surface area contributed by atoms with E-state index < -0.39 is 19.2 Å². The number of rotatable bonds is 4. The number of benzene rings is 1. The van der Waals surface area contributed by atoms with Crippen molar-refractivity contribution >= 4 is 32.4 Å². The van der Waals surface area contributed by atoms with Crippen LogP contribution < -0.4 is 0 Å². The number of aliphatic hydroxyl groups is 1. The van der Waals surface area contributed by atoms with Crippen molar-refractivity contribution in [2.45, 2.75) is 23.2 Å². The molecule has 0 spiro atoms. The van der Waals surface area contributed by atoms with Crippen LogP contribution in [-0.2, 0) is 9.84 Å². The van der Waals surface area contributed by atoms with E-state index in [1.807, 2.05) is 19.1 Å². The summed E-state index contributed by atoms with van der Waals surface area (Å²) in [7, 11) is -3.23. The van der Waals surface area contributed by atoms with Crippen LogP contribution in [0.2, 0.25) is 0 Å². The maximum Gasteiger partial charge on any atom is 0.164 e. The Morgan fingerprint density at radius 3 is 2.44 bits per heavy atom. The van der Waals surface area contributed by atoms with Gasteiger partial charge in [-0.25, -0.2) is 8.42 Å². The highest BCUT2D eigenvalue weighted by Crippen LogP contribution is 2.29. The Morgan fingerprint density at radius 2 is 1.94 bits per heavy atom. The van der Waals surface area contributed by atoms with E-state index in [4.69, 9.17) is 0 Å². The molecule has 1 rings (SSSR count). The zero-order chi connectivity index (χ0) is 12.3. The molecule has 0 saturated heterocycles. The fourth-order valence-electron chi connectivity index (χ4n) is 1.42. The smallest absolute Gasteiger partial charge is 0.164 e. The molecule has 0 fully saturated rings. The lowest BCUT2D eigenvalue weighted by Gasteiger charge is -2.19. The highest BCUT2D eigenvalue weighted by molar-refractivity contribution is 14.1. The van der Waals surface area contributed by atoms with Crippen molar-refractivity contribution in [1.82, 2.24) is 0 Å². The molecule has 0 bridgehead atoms. The van der Waals surface area contributed by atoms with Crippen molar-refractivity contribution in [3.05, 3.63) is 35.4 Å². The fourth-order valence-corrected chi connectivity index (χ4v) is 3.74. The molecule has 90 valence electrons. The summed E-state index contributed by atoms with van der Waals surface area (Å²) in [6.45, 7) is 3.45. The van der Waals surface area contributed by atoms with Crippen molar-refractivity contribution in [2.75, 3.05) is 5.75 Å². The Balaban J connectivity index is 3.04. The summed E-state index contributed by atoms with van der Waals surface area (Å²) in [6.07, 6.45) is -0.966. The topological polar surface area (TPSA) is 54.4 Å². The molecule has 0 radical (unpaired) electrons. The number of alkyl halides is 1. The molecule has 0 aliphatic heterocycles. The van der Waals surface area contributed by atoms with Crippen LogP contribution in [0.15, 0.2) is 24.3 Å². The highest BCUT2D eigenvalue weighted by Gasteiger charge is 2.29. The van der Waals surface area contributed by atoms with Crippen LogP contribution in [0.5, 0.6) is 0 Å². The van der Waals surface area contributed by atoms with E-state index in [1.54, 1.807) is 41.6 Å². The Hall–Kier alpha value is -0.140. The second-order valence-corrected chi connectivity index (χ2v) is 8.20. The molecule has 0 heterocycles. The van der Waals surface area contributed by atoms with Crippen LogP contribution in [0.25, 0.3) is 0 Å². The van der Waals surface area contributed by atoms with E-state index >= 15 is 0 Å². The third-order valence-corrected chi connectivity index (χ3v) is 7.26. The first-order valence-electron chi connectivity index (χ1n) is 4.99. The SMILES string of the molecule is CCS(=O)(=O)C(I)C(O)c1ccccc1C. The number of hydrogen-bond acceptors (Lipinski definition) is 3. The minimum Gasteiger partial charge on any atom is -0.386 e. The zero-order valence-corrected chi connectivity index (χ0v) is 12.2. The summed E-state index contributed by atoms with van der Waals surface area (Å²) in [5.41, 5.74) is 1.59. The Bertz CT molecular complexity index is 456. The number of hydrogen-bond donors (Lipinski definition) is 1. The lowest BCUT2D eigenvalue weighted by atomic mass is 10.1. The van der Waals surface area contributed by atoms with Gasteiger partial charge in [0.15, 0.2) is 9.84 Å². The van der Waals surface area contributed by atoms with Crippen LogP contribution in [-0.4, -0.2) is 22.5 Å². The van der Waals surface area contributed by atoms with E-state index in [1.165, 1.54) is 0 Å². The molecule has 1 aromatic carbocycles. The van der Waals surface area contributed by atoms with Gasteiger partial charge in [0.2, 0.25) is 0 Å². The Labute approximate surface area is 110 Å². The lowest BCUT2D eigenvalue weighted by Crippen LogP contribution is -2.24. The number of halogens is 1. The molecular weight excluding hydrogens is 339 g/mol. The standard InChI is InChI=1S/C11H15IO3S/c1-3-16(14,15)11(12)10(13)9-7-5-4-6-8(9)2/h4-7,10-11,13H,3H2,1-2H3. The monoisotopic (exact) mass is 354 g/mol. The lowest BCUT2D eigenvalue weighted by molar-refractivity contribution is 0.196. The Morgan fingerprint density at radius 1 is 1.38 bits per heavy atom. The predicted molar refractivity (Wildman–Crippen MR) is 73.4 cm³/mol. The van der Waals surface area contributed by atoms with Crippen LogP contribution in [0.4, 0.5) is 0 Å². The van der Waals surface area contributed by atoms with Crippen molar-refractivity contribution in [3.8, 4) is 0 Å². The van der Waals surface area contributed by atoms with Crippen molar-refractivity contribution in [1.29, 1.82) is 0 Å². The number of sulfone groups is 1. The molecule has 5 heteroatoms. The second-order valence-electron chi connectivity index (χ2n) is 3.60. The number of aliphatic hydroxyl groups excluding tert-OH is 1. The highest BCUT2D eigenvalue weighted by atomic mass is 127. The maximum atomic E-state index is 11.7. The van der Waals surface area contributed by atoms with E-state index in [0.29, 0.717) is 5.56 Å². The molecule has 1 aromatic rings. The summed E-state index contributed by atoms with van der Waals surface area (Å²) in [4.78, 5) is 0. The quantitative estimate of drug-likeness (QED) is 0.667. The summed E-state index contributed by atoms with van der Waals surface area (Å²) < 4.78 is 22.5. The predicted octanol–water partition coefficient (Wildman–Crippen LogP) is 2.22. The third-order valence-electron chi connectivity index (χ3n) is 2.50. The normalized spacial score (nSPS) is 15.8. The van der Waals surface area contributed by atoms with Crippen LogP contribution in [0.3, 0.4) is 0 Å². The van der Waals surface area contributed by atoms with Crippen molar-refractivity contribution in [3.63, 3.8) is 0 Å². The average molecular weight is 354 g/mol. The summed E-state index contributed by atoms with van der Waals surface area (Å²) >= 11 is 1.79. The second kappa shape index (κ2) is 5.46. The van der Waals surface area contributed by atoms with E-state index in [0.717, 1.165) is 5.56 Å². The van der Waals surface area contributed by atoms with Gasteiger partial charge in [0.05, 0.1) is 0 Å². The first-order valence-corrected chi connectivity index (χ1v) is 7.95. The molecule has 2 unspecified atom stereocenters. The third kappa shape index (κ3) is 2.95. The van der Waals surface area contributed by atoms with E-state index in [2.05, 4.69) is 0 Å². The molecule has 3 nitrogen and oxygen atoms in total. The van der Waals surface area contributed by atoms with Gasteiger partial charge in [0, 0.05) is 5.75 Å². The van der Waals surface area contributed by atoms with Crippen LogP contribution >= 0.6 is 22.6 Å². The minimum absolute atomic E-state index is 0.0452. The Kier molecular flexibility index (Phi) is 4.75. The molecule has 0 aliphatic carbocycles. The van der Waals surface area contributed by atoms with Gasteiger partial charge in [0.1, 0.15) is 9.36 Å². The summed E-state index contributed by atoms with van der Waals surface area (Å²) in [5.74, 6) is 0.0452. The molecule has 1 N–H and O–H groups in total. The van der Waals surface area contributed by atoms with Gasteiger partial charge in [-0.1, -0.05) is 53.8 Å². The van der Waals surface area contributed by atoms with Crippen LogP contribution in [0, 0.1) is 6.92 Å². The fraction of sp³-hybridized carbons (Fsp3) is 0.455. The molecule has 2 atom stereocenters. The van der Waals surface area contributed by atoms with Gasteiger partial charge in [-0.2, -0.15) is 0 Å². The molecule has 16 heavy (non-hydrogen) atoms. The molecule has 0 saturated carbocycles. The van der Waals surface area contributed by atoms with Gasteiger partial charge in [0.25, 0.3) is 0 Å². The molecule has 0 aliphatic rings. The van der Waals surface area contributed by atoms with Crippen molar-refractivity contribution in [2.24, 2.45) is 0 Å². The molecule has 0 aromatic heterocycles. The zero-order valence-electron chi connectivity index (χ0n) is 9.22. The minimum atomic E-state index is -3.23. The van der Waals surface area contributed by atoms with Gasteiger partial charge >= 0.3 is 0 Å². The number of aryl methyl sites for hydroxylation is 1. The van der Waals surface area contributed by atoms with Crippen molar-refractivity contribution < 1.29 is 13.5 Å². The maximum absolute atomic E-state index is 11.7. The van der Waals surface area contributed by atoms with E-state index in [-0.39, 0.29) is 5.75 Å². The molecular formula is C11H15IO3S. The van der Waals surface area contributed by atoms with Crippen LogP contribution in [0.1, 0.15) is 24.2 Å². The molecule has 0 amide bonds. The van der Waals surface area contributed by atoms with Gasteiger partial charge in [-0.15, -0.1) is 0 Å². The largest absolute Gasteiger partial charge is 0.386 e. The first-order chi connectivity index (χ1) is 7.40. The van der Waals surface area contributed by atoms with Gasteiger partial charge < -0.3 is 5.11 Å². The summed E-state index contributed by atoms with van der Waals surface area (Å²) in [5, 5.41) is 10.0. The summed E-state index contributed by atoms with van der Waals surface area (Å²) in [6, 6.07) is 7.28. The first kappa shape index (κ1) is 13.9. The van der Waals surface area contributed by atoms with Gasteiger partial charge in [-0.3, -0.25) is 0 Å². The van der Waals surface area contributed by atoms with Gasteiger partial charge in [-0.05, 0) is 18.1 Å². The van der Waals surface area contributed by atoms with E-state index in [9.17, 15) is 13.5 Å².